The van der Waals surface area contributed by atoms with E-state index in [0.717, 1.165) is 31.2 Å². The Kier molecular flexibility index (Phi) is 8.38. The molecular formula is C36H37N5O4S. The number of nitriles is 1. The van der Waals surface area contributed by atoms with Crippen LogP contribution in [0.3, 0.4) is 0 Å². The standard InChI is InChI=1S/C36H37N5O4S/c1-23-12-14-28(15-13-23)46(43,44)41-22-31(29-11-7-10-26(18-37)35(29)41)30-21-38-19-27-20-39-32(40-34(27)30)16-24-8-5-6-9-25(24)17-33(42)45-36(2,3)4/h7,10-15,19-22,24-25H,5-6,8-9,16-17H2,1-4H3/t24-,25+/m0/s1. The van der Waals surface area contributed by atoms with Crippen LogP contribution in [-0.2, 0) is 26.0 Å². The van der Waals surface area contributed by atoms with E-state index in [1.54, 1.807) is 61.2 Å². The molecule has 2 aromatic carbocycles. The number of carbonyl (C=O) groups is 1. The topological polar surface area (TPSA) is 128 Å². The third-order valence-electron chi connectivity index (χ3n) is 8.68. The van der Waals surface area contributed by atoms with Crippen molar-refractivity contribution in [2.75, 3.05) is 0 Å². The van der Waals surface area contributed by atoms with Gasteiger partial charge in [0, 0.05) is 59.5 Å². The van der Waals surface area contributed by atoms with Crippen molar-refractivity contribution in [2.45, 2.75) is 76.7 Å². The van der Waals surface area contributed by atoms with Crippen LogP contribution < -0.4 is 0 Å². The molecule has 1 fully saturated rings. The van der Waals surface area contributed by atoms with Crippen molar-refractivity contribution >= 4 is 37.8 Å². The van der Waals surface area contributed by atoms with Crippen LogP contribution in [0.2, 0.25) is 0 Å². The number of benzene rings is 2. The second kappa shape index (κ2) is 12.3. The van der Waals surface area contributed by atoms with Crippen LogP contribution in [0.15, 0.2) is 72.1 Å². The lowest BCUT2D eigenvalue weighted by atomic mass is 9.75. The molecule has 0 amide bonds. The summed E-state index contributed by atoms with van der Waals surface area (Å²) in [5.41, 5.74) is 2.86. The van der Waals surface area contributed by atoms with Crippen LogP contribution in [0.25, 0.3) is 32.9 Å². The van der Waals surface area contributed by atoms with E-state index in [9.17, 15) is 18.5 Å². The van der Waals surface area contributed by atoms with Gasteiger partial charge in [-0.05, 0) is 70.6 Å². The van der Waals surface area contributed by atoms with Gasteiger partial charge in [-0.15, -0.1) is 0 Å². The summed E-state index contributed by atoms with van der Waals surface area (Å²) in [7, 11) is -4.04. The van der Waals surface area contributed by atoms with E-state index >= 15 is 0 Å². The summed E-state index contributed by atoms with van der Waals surface area (Å²) in [6.07, 6.45) is 11.8. The summed E-state index contributed by atoms with van der Waals surface area (Å²) in [6, 6.07) is 14.0. The molecule has 10 heteroatoms. The summed E-state index contributed by atoms with van der Waals surface area (Å²) in [5, 5.41) is 11.3. The lowest BCUT2D eigenvalue weighted by Crippen LogP contribution is -2.29. The molecule has 1 aliphatic carbocycles. The SMILES string of the molecule is Cc1ccc(S(=O)(=O)n2cc(-c3cncc4cnc(C[C@@H]5CCCC[C@@H]5CC(=O)OC(C)(C)C)nc34)c3cccc(C#N)c32)cc1. The number of aromatic nitrogens is 4. The molecule has 0 unspecified atom stereocenters. The fourth-order valence-electron chi connectivity index (χ4n) is 6.51. The third kappa shape index (κ3) is 6.24. The van der Waals surface area contributed by atoms with E-state index in [2.05, 4.69) is 16.0 Å². The van der Waals surface area contributed by atoms with Crippen LogP contribution in [0, 0.1) is 30.1 Å². The molecule has 1 saturated carbocycles. The van der Waals surface area contributed by atoms with Gasteiger partial charge in [0.2, 0.25) is 0 Å². The van der Waals surface area contributed by atoms with Gasteiger partial charge in [-0.3, -0.25) is 9.78 Å². The predicted molar refractivity (Wildman–Crippen MR) is 176 cm³/mol. The maximum Gasteiger partial charge on any atom is 0.306 e. The number of hydrogen-bond donors (Lipinski definition) is 0. The minimum absolute atomic E-state index is 0.128. The normalized spacial score (nSPS) is 17.2. The van der Waals surface area contributed by atoms with Crippen molar-refractivity contribution in [3.8, 4) is 17.2 Å². The van der Waals surface area contributed by atoms with E-state index in [4.69, 9.17) is 9.72 Å². The first-order valence-corrected chi connectivity index (χ1v) is 17.1. The van der Waals surface area contributed by atoms with E-state index in [0.29, 0.717) is 51.6 Å². The van der Waals surface area contributed by atoms with Crippen molar-refractivity contribution in [1.82, 2.24) is 18.9 Å². The summed E-state index contributed by atoms with van der Waals surface area (Å²) in [4.78, 5) is 27.0. The molecule has 0 aliphatic heterocycles. The molecule has 9 nitrogen and oxygen atoms in total. The van der Waals surface area contributed by atoms with Crippen molar-refractivity contribution in [1.29, 1.82) is 5.26 Å². The van der Waals surface area contributed by atoms with Crippen molar-refractivity contribution in [2.24, 2.45) is 11.8 Å². The highest BCUT2D eigenvalue weighted by atomic mass is 32.2. The van der Waals surface area contributed by atoms with Crippen molar-refractivity contribution in [3.05, 3.63) is 84.2 Å². The Labute approximate surface area is 269 Å². The Hall–Kier alpha value is -4.62. The Morgan fingerprint density at radius 1 is 1.02 bits per heavy atom. The molecule has 0 bridgehead atoms. The quantitative estimate of drug-likeness (QED) is 0.173. The molecule has 1 aliphatic rings. The number of aryl methyl sites for hydroxylation is 1. The number of para-hydroxylation sites is 1. The minimum Gasteiger partial charge on any atom is -0.460 e. The lowest BCUT2D eigenvalue weighted by Gasteiger charge is -2.31. The number of rotatable bonds is 7. The van der Waals surface area contributed by atoms with Gasteiger partial charge < -0.3 is 4.74 Å². The second-order valence-electron chi connectivity index (χ2n) is 13.2. The highest BCUT2D eigenvalue weighted by Crippen LogP contribution is 2.38. The summed E-state index contributed by atoms with van der Waals surface area (Å²) in [6.45, 7) is 7.55. The highest BCUT2D eigenvalue weighted by molar-refractivity contribution is 7.90. The van der Waals surface area contributed by atoms with E-state index in [1.165, 1.54) is 3.97 Å². The summed E-state index contributed by atoms with van der Waals surface area (Å²) >= 11 is 0. The van der Waals surface area contributed by atoms with Gasteiger partial charge in [0.05, 0.1) is 21.5 Å². The number of fused-ring (bicyclic) bond motifs is 2. The van der Waals surface area contributed by atoms with Crippen LogP contribution in [-0.4, -0.2) is 38.9 Å². The first-order chi connectivity index (χ1) is 21.9. The van der Waals surface area contributed by atoms with Gasteiger partial charge in [-0.25, -0.2) is 22.4 Å². The molecule has 236 valence electrons. The van der Waals surface area contributed by atoms with Crippen LogP contribution >= 0.6 is 0 Å². The van der Waals surface area contributed by atoms with Gasteiger partial charge in [0.15, 0.2) is 0 Å². The van der Waals surface area contributed by atoms with E-state index < -0.39 is 15.6 Å². The lowest BCUT2D eigenvalue weighted by molar-refractivity contribution is -0.156. The first kappa shape index (κ1) is 31.4. The monoisotopic (exact) mass is 635 g/mol. The van der Waals surface area contributed by atoms with Crippen LogP contribution in [0.5, 0.6) is 0 Å². The number of nitrogens with zero attached hydrogens (tertiary/aromatic N) is 5. The molecule has 2 atom stereocenters. The Bertz CT molecular complexity index is 2090. The van der Waals surface area contributed by atoms with Gasteiger partial charge in [0.1, 0.15) is 17.5 Å². The Morgan fingerprint density at radius 3 is 2.48 bits per heavy atom. The molecule has 3 heterocycles. The second-order valence-corrected chi connectivity index (χ2v) is 15.0. The zero-order valence-electron chi connectivity index (χ0n) is 26.5. The molecule has 6 rings (SSSR count). The molecule has 5 aromatic rings. The zero-order valence-corrected chi connectivity index (χ0v) is 27.3. The van der Waals surface area contributed by atoms with Crippen molar-refractivity contribution in [3.63, 3.8) is 0 Å². The number of ether oxygens (including phenoxy) is 1. The average molecular weight is 636 g/mol. The number of pyridine rings is 1. The van der Waals surface area contributed by atoms with E-state index in [1.807, 2.05) is 33.8 Å². The molecule has 0 saturated heterocycles. The average Bonchev–Trinajstić information content (AvgIpc) is 3.42. The third-order valence-corrected chi connectivity index (χ3v) is 10.4. The smallest absolute Gasteiger partial charge is 0.306 e. The molecule has 0 spiro atoms. The summed E-state index contributed by atoms with van der Waals surface area (Å²) < 4.78 is 34.8. The molecule has 0 radical (unpaired) electrons. The number of hydrogen-bond acceptors (Lipinski definition) is 8. The summed E-state index contributed by atoms with van der Waals surface area (Å²) in [5.74, 6) is 0.915. The van der Waals surface area contributed by atoms with Gasteiger partial charge in [0.25, 0.3) is 10.0 Å². The number of carbonyl (C=O) groups excluding carboxylic acids is 1. The van der Waals surface area contributed by atoms with Gasteiger partial charge >= 0.3 is 5.97 Å². The maximum absolute atomic E-state index is 14.0. The van der Waals surface area contributed by atoms with Gasteiger partial charge in [-0.2, -0.15) is 5.26 Å². The molecular weight excluding hydrogens is 598 g/mol. The maximum atomic E-state index is 14.0. The van der Waals surface area contributed by atoms with E-state index in [-0.39, 0.29) is 28.3 Å². The Balaban J connectivity index is 1.42. The van der Waals surface area contributed by atoms with Crippen LogP contribution in [0.4, 0.5) is 0 Å². The predicted octanol–water partition coefficient (Wildman–Crippen LogP) is 7.14. The Morgan fingerprint density at radius 2 is 1.76 bits per heavy atom. The highest BCUT2D eigenvalue weighted by Gasteiger charge is 2.30. The van der Waals surface area contributed by atoms with Gasteiger partial charge in [-0.1, -0.05) is 42.7 Å². The number of esters is 1. The first-order valence-electron chi connectivity index (χ1n) is 15.6. The molecule has 46 heavy (non-hydrogen) atoms. The minimum atomic E-state index is -4.04. The molecule has 0 N–H and O–H groups in total. The zero-order chi connectivity index (χ0) is 32.6. The van der Waals surface area contributed by atoms with Crippen LogP contribution in [0.1, 0.15) is 69.8 Å². The largest absolute Gasteiger partial charge is 0.460 e. The fraction of sp³-hybridized carbons (Fsp3) is 0.361. The fourth-order valence-corrected chi connectivity index (χ4v) is 7.90. The molecule has 3 aromatic heterocycles. The van der Waals surface area contributed by atoms with Crippen molar-refractivity contribution < 1.29 is 17.9 Å².